The Morgan fingerprint density at radius 1 is 1.29 bits per heavy atom. The highest BCUT2D eigenvalue weighted by molar-refractivity contribution is 6.07. The van der Waals surface area contributed by atoms with Gasteiger partial charge in [0.25, 0.3) is 5.91 Å². The Bertz CT molecular complexity index is 877. The highest BCUT2D eigenvalue weighted by Gasteiger charge is 2.26. The molecule has 0 aliphatic carbocycles. The van der Waals surface area contributed by atoms with E-state index in [1.165, 1.54) is 0 Å². The first-order valence-electron chi connectivity index (χ1n) is 7.97. The first kappa shape index (κ1) is 14.8. The Morgan fingerprint density at radius 3 is 2.92 bits per heavy atom. The van der Waals surface area contributed by atoms with E-state index in [-0.39, 0.29) is 23.4 Å². The van der Waals surface area contributed by atoms with Crippen LogP contribution in [-0.2, 0) is 0 Å². The molecule has 1 aliphatic heterocycles. The molecule has 4 N–H and O–H groups in total. The van der Waals surface area contributed by atoms with Crippen LogP contribution in [0.2, 0.25) is 0 Å². The van der Waals surface area contributed by atoms with Crippen LogP contribution in [-0.4, -0.2) is 30.2 Å². The summed E-state index contributed by atoms with van der Waals surface area (Å²) in [6, 6.07) is 7.68. The van der Waals surface area contributed by atoms with E-state index in [2.05, 4.69) is 15.8 Å². The van der Waals surface area contributed by atoms with Crippen molar-refractivity contribution in [2.45, 2.75) is 18.9 Å². The third-order valence-corrected chi connectivity index (χ3v) is 4.36. The van der Waals surface area contributed by atoms with E-state index in [9.17, 15) is 4.79 Å². The third-order valence-electron chi connectivity index (χ3n) is 4.36. The predicted molar refractivity (Wildman–Crippen MR) is 89.5 cm³/mol. The van der Waals surface area contributed by atoms with E-state index in [1.54, 1.807) is 6.26 Å². The number of hydrogen-bond donors (Lipinski definition) is 3. The number of nitrogens with zero attached hydrogens (tertiary/aromatic N) is 1. The maximum absolute atomic E-state index is 12.7. The highest BCUT2D eigenvalue weighted by atomic mass is 16.5. The van der Waals surface area contributed by atoms with E-state index in [4.69, 9.17) is 14.7 Å². The molecule has 1 amide bonds. The number of nitrogen functional groups attached to an aromatic ring is 1. The molecule has 7 heteroatoms. The molecular weight excluding hydrogens is 308 g/mol. The van der Waals surface area contributed by atoms with Crippen LogP contribution in [0.1, 0.15) is 23.2 Å². The molecule has 0 unspecified atom stereocenters. The number of carbonyl (C=O) groups is 1. The van der Waals surface area contributed by atoms with Gasteiger partial charge in [0.15, 0.2) is 0 Å². The number of benzene rings is 1. The minimum Gasteiger partial charge on any atom is -0.464 e. The summed E-state index contributed by atoms with van der Waals surface area (Å²) in [4.78, 5) is 12.7. The summed E-state index contributed by atoms with van der Waals surface area (Å²) < 4.78 is 10.6. The Balaban J connectivity index is 1.69. The number of nitrogens with one attached hydrogen (secondary N) is 2. The number of hydrogen-bond acceptors (Lipinski definition) is 6. The van der Waals surface area contributed by atoms with Gasteiger partial charge in [-0.1, -0.05) is 23.4 Å². The summed E-state index contributed by atoms with van der Waals surface area (Å²) in [6.45, 7) is 1.78. The monoisotopic (exact) mass is 326 g/mol. The Hall–Kier alpha value is -2.80. The lowest BCUT2D eigenvalue weighted by molar-refractivity contribution is 0.0930. The maximum Gasteiger partial charge on any atom is 0.259 e. The summed E-state index contributed by atoms with van der Waals surface area (Å²) in [5, 5.41) is 11.1. The van der Waals surface area contributed by atoms with E-state index in [0.29, 0.717) is 11.3 Å². The number of rotatable bonds is 3. The van der Waals surface area contributed by atoms with Crippen molar-refractivity contribution in [2.75, 3.05) is 18.8 Å². The Kier molecular flexibility index (Phi) is 3.70. The normalized spacial score (nSPS) is 15.7. The second-order valence-corrected chi connectivity index (χ2v) is 5.91. The van der Waals surface area contributed by atoms with Crippen molar-refractivity contribution in [1.82, 2.24) is 15.8 Å². The molecule has 0 spiro atoms. The van der Waals surface area contributed by atoms with Crippen LogP contribution < -0.4 is 16.4 Å². The fourth-order valence-corrected chi connectivity index (χ4v) is 3.09. The number of piperidine rings is 1. The fourth-order valence-electron chi connectivity index (χ4n) is 3.09. The van der Waals surface area contributed by atoms with Crippen molar-refractivity contribution in [2.24, 2.45) is 0 Å². The zero-order valence-electron chi connectivity index (χ0n) is 13.0. The number of fused-ring (bicyclic) bond motifs is 1. The van der Waals surface area contributed by atoms with E-state index < -0.39 is 0 Å². The Labute approximate surface area is 138 Å². The number of furan rings is 1. The minimum atomic E-state index is -0.263. The molecule has 124 valence electrons. The van der Waals surface area contributed by atoms with Gasteiger partial charge in [0.05, 0.1) is 5.56 Å². The second kappa shape index (κ2) is 6.01. The van der Waals surface area contributed by atoms with Crippen LogP contribution in [0.3, 0.4) is 0 Å². The van der Waals surface area contributed by atoms with E-state index in [0.717, 1.165) is 36.9 Å². The van der Waals surface area contributed by atoms with Crippen molar-refractivity contribution < 1.29 is 13.7 Å². The minimum absolute atomic E-state index is 0.0155. The topological polar surface area (TPSA) is 106 Å². The largest absolute Gasteiger partial charge is 0.464 e. The number of carbonyl (C=O) groups excluding carboxylic acids is 1. The van der Waals surface area contributed by atoms with Crippen LogP contribution >= 0.6 is 0 Å². The van der Waals surface area contributed by atoms with Crippen LogP contribution in [0.25, 0.3) is 22.2 Å². The third kappa shape index (κ3) is 2.52. The van der Waals surface area contributed by atoms with Crippen LogP contribution in [0.4, 0.5) is 5.88 Å². The number of anilines is 1. The predicted octanol–water partition coefficient (Wildman–Crippen LogP) is 2.15. The summed E-state index contributed by atoms with van der Waals surface area (Å²) >= 11 is 0. The van der Waals surface area contributed by atoms with Crippen LogP contribution in [0.5, 0.6) is 0 Å². The summed E-state index contributed by atoms with van der Waals surface area (Å²) in [7, 11) is 0. The molecule has 1 aromatic carbocycles. The second-order valence-electron chi connectivity index (χ2n) is 5.91. The van der Waals surface area contributed by atoms with E-state index in [1.807, 2.05) is 24.3 Å². The molecule has 1 fully saturated rings. The SMILES string of the molecule is Nc1onc(-c2coc3ccccc23)c1C(=O)NC1CCNCC1. The van der Waals surface area contributed by atoms with Crippen molar-refractivity contribution in [3.63, 3.8) is 0 Å². The fraction of sp³-hybridized carbons (Fsp3) is 0.294. The van der Waals surface area contributed by atoms with Gasteiger partial charge in [0.2, 0.25) is 5.88 Å². The molecule has 3 aromatic rings. The highest BCUT2D eigenvalue weighted by Crippen LogP contribution is 2.34. The molecular formula is C17H18N4O3. The average Bonchev–Trinajstić information content (AvgIpc) is 3.19. The summed E-state index contributed by atoms with van der Waals surface area (Å²) in [6.07, 6.45) is 3.35. The molecule has 7 nitrogen and oxygen atoms in total. The van der Waals surface area contributed by atoms with Crippen molar-refractivity contribution in [3.8, 4) is 11.3 Å². The molecule has 1 aliphatic rings. The van der Waals surface area contributed by atoms with Crippen molar-refractivity contribution in [1.29, 1.82) is 0 Å². The molecule has 0 saturated carbocycles. The van der Waals surface area contributed by atoms with Gasteiger partial charge >= 0.3 is 0 Å². The van der Waals surface area contributed by atoms with Crippen molar-refractivity contribution >= 4 is 22.8 Å². The molecule has 0 radical (unpaired) electrons. The molecule has 0 atom stereocenters. The van der Waals surface area contributed by atoms with Crippen LogP contribution in [0.15, 0.2) is 39.5 Å². The first-order chi connectivity index (χ1) is 11.7. The smallest absolute Gasteiger partial charge is 0.259 e. The first-order valence-corrected chi connectivity index (χ1v) is 7.97. The molecule has 3 heterocycles. The molecule has 1 saturated heterocycles. The van der Waals surface area contributed by atoms with Crippen LogP contribution in [0, 0.1) is 0 Å². The summed E-state index contributed by atoms with van der Waals surface area (Å²) in [5.41, 5.74) is 7.95. The zero-order valence-corrected chi connectivity index (χ0v) is 13.0. The maximum atomic E-state index is 12.7. The standard InChI is InChI=1S/C17H18N4O3/c18-16-14(17(22)20-10-5-7-19-8-6-10)15(21-24-16)12-9-23-13-4-2-1-3-11(12)13/h1-4,9-10,19H,5-8,18H2,(H,20,22). The van der Waals surface area contributed by atoms with E-state index >= 15 is 0 Å². The van der Waals surface area contributed by atoms with Gasteiger partial charge in [0, 0.05) is 11.4 Å². The lowest BCUT2D eigenvalue weighted by Gasteiger charge is -2.23. The van der Waals surface area contributed by atoms with Gasteiger partial charge in [-0.2, -0.15) is 0 Å². The van der Waals surface area contributed by atoms with Crippen molar-refractivity contribution in [3.05, 3.63) is 36.1 Å². The average molecular weight is 326 g/mol. The molecule has 2 aromatic heterocycles. The summed E-state index contributed by atoms with van der Waals surface area (Å²) in [5.74, 6) is -0.248. The van der Waals surface area contributed by atoms with Gasteiger partial charge in [-0.05, 0) is 32.0 Å². The number of amides is 1. The number of aromatic nitrogens is 1. The number of nitrogens with two attached hydrogens (primary N) is 1. The van der Waals surface area contributed by atoms with Gasteiger partial charge in [-0.3, -0.25) is 4.79 Å². The van der Waals surface area contributed by atoms with Gasteiger partial charge in [0.1, 0.15) is 23.1 Å². The van der Waals surface area contributed by atoms with Gasteiger partial charge < -0.3 is 25.3 Å². The molecule has 0 bridgehead atoms. The van der Waals surface area contributed by atoms with Gasteiger partial charge in [-0.15, -0.1) is 0 Å². The Morgan fingerprint density at radius 2 is 2.08 bits per heavy atom. The molecule has 4 rings (SSSR count). The number of para-hydroxylation sites is 1. The lowest BCUT2D eigenvalue weighted by atomic mass is 10.0. The lowest BCUT2D eigenvalue weighted by Crippen LogP contribution is -2.42. The molecule has 24 heavy (non-hydrogen) atoms. The van der Waals surface area contributed by atoms with Gasteiger partial charge in [-0.25, -0.2) is 0 Å². The quantitative estimate of drug-likeness (QED) is 0.681. The zero-order chi connectivity index (χ0) is 16.5.